The van der Waals surface area contributed by atoms with Crippen molar-refractivity contribution in [1.82, 2.24) is 0 Å². The van der Waals surface area contributed by atoms with Crippen molar-refractivity contribution in [3.05, 3.63) is 82.0 Å². The lowest BCUT2D eigenvalue weighted by atomic mass is 10.2. The number of rotatable bonds is 3. The highest BCUT2D eigenvalue weighted by molar-refractivity contribution is 7.90. The normalized spacial score (nSPS) is 11.2. The Hall–Kier alpha value is -2.75. The van der Waals surface area contributed by atoms with Crippen LogP contribution in [0.2, 0.25) is 0 Å². The minimum absolute atomic E-state index is 0.125. The third kappa shape index (κ3) is 4.63. The highest BCUT2D eigenvalue weighted by Gasteiger charge is 2.12. The molecule has 0 aliphatic heterocycles. The van der Waals surface area contributed by atoms with E-state index in [9.17, 15) is 8.42 Å². The van der Waals surface area contributed by atoms with Gasteiger partial charge in [0.2, 0.25) is 0 Å². The van der Waals surface area contributed by atoms with Gasteiger partial charge in [0.1, 0.15) is 0 Å². The molecule has 0 unspecified atom stereocenters. The Morgan fingerprint density at radius 2 is 1.56 bits per heavy atom. The molecule has 4 nitrogen and oxygen atoms in total. The summed E-state index contributed by atoms with van der Waals surface area (Å²) in [4.78, 5) is 0.125. The van der Waals surface area contributed by atoms with E-state index in [1.54, 1.807) is 47.7 Å². The summed E-state index contributed by atoms with van der Waals surface area (Å²) in [5.41, 5.74) is 3.23. The Balaban J connectivity index is 1.74. The quantitative estimate of drug-likeness (QED) is 0.487. The van der Waals surface area contributed by atoms with Gasteiger partial charge in [-0.15, -0.1) is 5.11 Å². The molecule has 0 fully saturated rings. The van der Waals surface area contributed by atoms with Crippen molar-refractivity contribution in [3.8, 4) is 11.8 Å². The molecule has 1 aromatic heterocycles. The molecule has 2 aromatic carbocycles. The number of aryl methyl sites for hydroxylation is 1. The maximum absolute atomic E-state index is 12.1. The lowest BCUT2D eigenvalue weighted by molar-refractivity contribution is 0.595. The molecule has 0 spiro atoms. The second-order valence-electron chi connectivity index (χ2n) is 5.28. The van der Waals surface area contributed by atoms with Crippen molar-refractivity contribution in [3.63, 3.8) is 0 Å². The number of sulfonamides is 1. The van der Waals surface area contributed by atoms with Gasteiger partial charge in [-0.05, 0) is 54.8 Å². The molecule has 0 saturated carbocycles. The van der Waals surface area contributed by atoms with Crippen molar-refractivity contribution < 1.29 is 8.42 Å². The molecule has 25 heavy (non-hydrogen) atoms. The zero-order valence-electron chi connectivity index (χ0n) is 13.4. The van der Waals surface area contributed by atoms with Crippen LogP contribution in [0, 0.1) is 18.8 Å². The van der Waals surface area contributed by atoms with E-state index >= 15 is 0 Å². The van der Waals surface area contributed by atoms with Crippen LogP contribution in [0.1, 0.15) is 16.7 Å². The monoisotopic (exact) mass is 366 g/mol. The van der Waals surface area contributed by atoms with Crippen LogP contribution in [0.5, 0.6) is 0 Å². The summed E-state index contributed by atoms with van der Waals surface area (Å²) >= 11 is 1.60. The third-order valence-corrected chi connectivity index (χ3v) is 5.17. The van der Waals surface area contributed by atoms with E-state index in [1.165, 1.54) is 12.1 Å². The van der Waals surface area contributed by atoms with Crippen LogP contribution >= 0.6 is 11.3 Å². The van der Waals surface area contributed by atoms with Crippen LogP contribution in [0.15, 0.2) is 79.9 Å². The van der Waals surface area contributed by atoms with E-state index in [1.807, 2.05) is 23.8 Å². The van der Waals surface area contributed by atoms with Gasteiger partial charge in [-0.1, -0.05) is 34.1 Å². The zero-order chi connectivity index (χ0) is 17.7. The SMILES string of the molecule is Cc1ccc(S(=O)(=O)N=Nc2ccc(C#Cc3ccsc3)cc2)cc1. The molecule has 0 atom stereocenters. The van der Waals surface area contributed by atoms with Gasteiger partial charge in [0.15, 0.2) is 0 Å². The molecule has 0 N–H and O–H groups in total. The van der Waals surface area contributed by atoms with Gasteiger partial charge in [0, 0.05) is 16.5 Å². The molecule has 124 valence electrons. The number of thiophene rings is 1. The minimum atomic E-state index is -3.79. The largest absolute Gasteiger partial charge is 0.299 e. The summed E-state index contributed by atoms with van der Waals surface area (Å²) in [7, 11) is -3.79. The van der Waals surface area contributed by atoms with Crippen LogP contribution in [-0.2, 0) is 10.0 Å². The molecule has 0 aliphatic rings. The number of nitrogens with zero attached hydrogens (tertiary/aromatic N) is 2. The maximum atomic E-state index is 12.1. The van der Waals surface area contributed by atoms with Gasteiger partial charge < -0.3 is 0 Å². The van der Waals surface area contributed by atoms with Crippen molar-refractivity contribution in [1.29, 1.82) is 0 Å². The summed E-state index contributed by atoms with van der Waals surface area (Å²) in [5, 5.41) is 7.77. The fourth-order valence-electron chi connectivity index (χ4n) is 1.95. The maximum Gasteiger partial charge on any atom is 0.299 e. The second-order valence-corrected chi connectivity index (χ2v) is 7.64. The first kappa shape index (κ1) is 17.1. The first-order chi connectivity index (χ1) is 12.0. The standard InChI is InChI=1S/C19H14N2O2S2/c1-15-2-10-19(11-3-15)25(22,23)21-20-18-8-6-16(7-9-18)4-5-17-12-13-24-14-17/h2-3,6-14H,1H3. The molecule has 0 radical (unpaired) electrons. The summed E-state index contributed by atoms with van der Waals surface area (Å²) in [6, 6.07) is 15.4. The van der Waals surface area contributed by atoms with Gasteiger partial charge in [0.25, 0.3) is 10.0 Å². The van der Waals surface area contributed by atoms with Crippen molar-refractivity contribution >= 4 is 27.0 Å². The molecule has 6 heteroatoms. The average Bonchev–Trinajstić information content (AvgIpc) is 3.13. The van der Waals surface area contributed by atoms with Crippen molar-refractivity contribution in [2.75, 3.05) is 0 Å². The summed E-state index contributed by atoms with van der Waals surface area (Å²) in [5.74, 6) is 6.10. The Bertz CT molecular complexity index is 1040. The highest BCUT2D eigenvalue weighted by atomic mass is 32.2. The molecule has 0 bridgehead atoms. The average molecular weight is 366 g/mol. The Morgan fingerprint density at radius 1 is 0.880 bits per heavy atom. The smallest absolute Gasteiger partial charge is 0.198 e. The van der Waals surface area contributed by atoms with E-state index in [2.05, 4.69) is 21.5 Å². The molecule has 3 aromatic rings. The van der Waals surface area contributed by atoms with E-state index in [0.29, 0.717) is 5.69 Å². The Labute approximate surface area is 150 Å². The van der Waals surface area contributed by atoms with Gasteiger partial charge >= 0.3 is 0 Å². The van der Waals surface area contributed by atoms with Crippen molar-refractivity contribution in [2.45, 2.75) is 11.8 Å². The van der Waals surface area contributed by atoms with Gasteiger partial charge in [-0.3, -0.25) is 0 Å². The molecule has 0 aliphatic carbocycles. The van der Waals surface area contributed by atoms with E-state index in [-0.39, 0.29) is 4.90 Å². The molecule has 1 heterocycles. The highest BCUT2D eigenvalue weighted by Crippen LogP contribution is 2.18. The lowest BCUT2D eigenvalue weighted by Crippen LogP contribution is -1.95. The minimum Gasteiger partial charge on any atom is -0.198 e. The predicted molar refractivity (Wildman–Crippen MR) is 99.6 cm³/mol. The number of benzene rings is 2. The fraction of sp³-hybridized carbons (Fsp3) is 0.0526. The Morgan fingerprint density at radius 3 is 2.20 bits per heavy atom. The van der Waals surface area contributed by atoms with Crippen LogP contribution in [0.25, 0.3) is 0 Å². The second kappa shape index (κ2) is 7.43. The molecule has 0 amide bonds. The fourth-order valence-corrected chi connectivity index (χ4v) is 3.31. The van der Waals surface area contributed by atoms with Gasteiger partial charge in [-0.2, -0.15) is 19.8 Å². The summed E-state index contributed by atoms with van der Waals surface area (Å²) in [6.07, 6.45) is 0. The summed E-state index contributed by atoms with van der Waals surface area (Å²) < 4.78 is 27.8. The first-order valence-corrected chi connectivity index (χ1v) is 9.80. The van der Waals surface area contributed by atoms with Crippen LogP contribution < -0.4 is 0 Å². The molecule has 3 rings (SSSR count). The van der Waals surface area contributed by atoms with E-state index < -0.39 is 10.0 Å². The van der Waals surface area contributed by atoms with Gasteiger partial charge in [0.05, 0.1) is 10.6 Å². The predicted octanol–water partition coefficient (Wildman–Crippen LogP) is 4.93. The van der Waals surface area contributed by atoms with Crippen LogP contribution in [0.3, 0.4) is 0 Å². The lowest BCUT2D eigenvalue weighted by Gasteiger charge is -1.98. The van der Waals surface area contributed by atoms with E-state index in [4.69, 9.17) is 0 Å². The third-order valence-electron chi connectivity index (χ3n) is 3.32. The van der Waals surface area contributed by atoms with Crippen LogP contribution in [0.4, 0.5) is 5.69 Å². The number of hydrogen-bond donors (Lipinski definition) is 0. The van der Waals surface area contributed by atoms with Gasteiger partial charge in [-0.25, -0.2) is 0 Å². The molecular formula is C19H14N2O2S2. The van der Waals surface area contributed by atoms with E-state index in [0.717, 1.165) is 16.7 Å². The first-order valence-electron chi connectivity index (χ1n) is 7.42. The molecular weight excluding hydrogens is 352 g/mol. The summed E-state index contributed by atoms with van der Waals surface area (Å²) in [6.45, 7) is 1.89. The number of hydrogen-bond acceptors (Lipinski definition) is 4. The van der Waals surface area contributed by atoms with Crippen molar-refractivity contribution in [2.24, 2.45) is 9.63 Å². The molecule has 0 saturated heterocycles. The zero-order valence-corrected chi connectivity index (χ0v) is 15.0. The van der Waals surface area contributed by atoms with Crippen LogP contribution in [-0.4, -0.2) is 8.42 Å². The topological polar surface area (TPSA) is 58.9 Å². The Kier molecular flexibility index (Phi) is 5.08.